The topological polar surface area (TPSA) is 50.2 Å². The number of aromatic nitrogens is 2. The standard InChI is InChI=1S/C20H28N4O/c1-16(17-6-4-3-5-7-17)14-21-20(25)15-24-12-9-18(10-13-24)19-8-11-22-23(19)2/h3-8,11,16,18H,9-10,12-15H2,1-2H3,(H,21,25)/t16-/m1/s1. The lowest BCUT2D eigenvalue weighted by molar-refractivity contribution is -0.122. The highest BCUT2D eigenvalue weighted by Gasteiger charge is 2.23. The molecule has 0 unspecified atom stereocenters. The first-order valence-electron chi connectivity index (χ1n) is 9.15. The largest absolute Gasteiger partial charge is 0.354 e. The van der Waals surface area contributed by atoms with Crippen LogP contribution < -0.4 is 5.32 Å². The Morgan fingerprint density at radius 1 is 1.24 bits per heavy atom. The third-order valence-corrected chi connectivity index (χ3v) is 5.21. The molecular weight excluding hydrogens is 312 g/mol. The molecule has 2 aromatic rings. The number of aryl methyl sites for hydroxylation is 1. The van der Waals surface area contributed by atoms with Gasteiger partial charge in [0.1, 0.15) is 0 Å². The third kappa shape index (κ3) is 4.69. The molecule has 5 heteroatoms. The van der Waals surface area contributed by atoms with E-state index >= 15 is 0 Å². The van der Waals surface area contributed by atoms with Crippen molar-refractivity contribution < 1.29 is 4.79 Å². The number of carbonyl (C=O) groups excluding carboxylic acids is 1. The second kappa shape index (κ2) is 8.30. The van der Waals surface area contributed by atoms with Crippen LogP contribution in [-0.2, 0) is 11.8 Å². The number of likely N-dealkylation sites (tertiary alicyclic amines) is 1. The van der Waals surface area contributed by atoms with Crippen LogP contribution >= 0.6 is 0 Å². The number of rotatable bonds is 6. The predicted octanol–water partition coefficient (Wildman–Crippen LogP) is 2.52. The molecule has 1 N–H and O–H groups in total. The van der Waals surface area contributed by atoms with Crippen LogP contribution in [0.25, 0.3) is 0 Å². The smallest absolute Gasteiger partial charge is 0.234 e. The zero-order valence-corrected chi connectivity index (χ0v) is 15.2. The SMILES string of the molecule is C[C@H](CNC(=O)CN1CCC(c2ccnn2C)CC1)c1ccccc1. The first-order valence-corrected chi connectivity index (χ1v) is 9.15. The van der Waals surface area contributed by atoms with Crippen LogP contribution in [0.3, 0.4) is 0 Å². The summed E-state index contributed by atoms with van der Waals surface area (Å²) >= 11 is 0. The summed E-state index contributed by atoms with van der Waals surface area (Å²) in [7, 11) is 2.00. The summed E-state index contributed by atoms with van der Waals surface area (Å²) in [6, 6.07) is 12.4. The fourth-order valence-corrected chi connectivity index (χ4v) is 3.60. The predicted molar refractivity (Wildman–Crippen MR) is 99.5 cm³/mol. The first-order chi connectivity index (χ1) is 12.1. The van der Waals surface area contributed by atoms with Crippen LogP contribution in [0.1, 0.15) is 42.9 Å². The molecular formula is C20H28N4O. The Hall–Kier alpha value is -2.14. The molecule has 0 aliphatic carbocycles. The lowest BCUT2D eigenvalue weighted by atomic mass is 9.93. The van der Waals surface area contributed by atoms with E-state index in [1.54, 1.807) is 0 Å². The van der Waals surface area contributed by atoms with Crippen molar-refractivity contribution in [1.29, 1.82) is 0 Å². The quantitative estimate of drug-likeness (QED) is 0.879. The molecule has 0 spiro atoms. The van der Waals surface area contributed by atoms with Crippen LogP contribution in [0, 0.1) is 0 Å². The molecule has 1 atom stereocenters. The fourth-order valence-electron chi connectivity index (χ4n) is 3.60. The van der Waals surface area contributed by atoms with E-state index in [0.29, 0.717) is 24.9 Å². The van der Waals surface area contributed by atoms with E-state index in [-0.39, 0.29) is 5.91 Å². The Morgan fingerprint density at radius 2 is 1.96 bits per heavy atom. The maximum Gasteiger partial charge on any atom is 0.234 e. The number of hydrogen-bond donors (Lipinski definition) is 1. The molecule has 0 saturated carbocycles. The van der Waals surface area contributed by atoms with Gasteiger partial charge in [-0.3, -0.25) is 14.4 Å². The molecule has 0 radical (unpaired) electrons. The molecule has 1 aromatic carbocycles. The van der Waals surface area contributed by atoms with Gasteiger partial charge in [-0.2, -0.15) is 5.10 Å². The van der Waals surface area contributed by atoms with Gasteiger partial charge in [0.05, 0.1) is 6.54 Å². The summed E-state index contributed by atoms with van der Waals surface area (Å²) in [5.41, 5.74) is 2.57. The molecule has 1 aromatic heterocycles. The van der Waals surface area contributed by atoms with Gasteiger partial charge in [0, 0.05) is 31.4 Å². The van der Waals surface area contributed by atoms with Gasteiger partial charge in [-0.05, 0) is 43.5 Å². The van der Waals surface area contributed by atoms with Crippen molar-refractivity contribution in [3.63, 3.8) is 0 Å². The lowest BCUT2D eigenvalue weighted by Crippen LogP contribution is -2.42. The molecule has 3 rings (SSSR count). The van der Waals surface area contributed by atoms with E-state index in [1.807, 2.05) is 36.1 Å². The van der Waals surface area contributed by atoms with Gasteiger partial charge in [-0.25, -0.2) is 0 Å². The molecule has 1 amide bonds. The van der Waals surface area contributed by atoms with E-state index in [4.69, 9.17) is 0 Å². The molecule has 1 fully saturated rings. The van der Waals surface area contributed by atoms with Gasteiger partial charge < -0.3 is 5.32 Å². The average molecular weight is 340 g/mol. The number of nitrogens with zero attached hydrogens (tertiary/aromatic N) is 3. The van der Waals surface area contributed by atoms with Crippen molar-refractivity contribution in [3.8, 4) is 0 Å². The molecule has 0 bridgehead atoms. The zero-order chi connectivity index (χ0) is 17.6. The van der Waals surface area contributed by atoms with Gasteiger partial charge in [0.2, 0.25) is 5.91 Å². The Balaban J connectivity index is 1.40. The minimum absolute atomic E-state index is 0.127. The molecule has 134 valence electrons. The molecule has 1 aliphatic heterocycles. The van der Waals surface area contributed by atoms with E-state index in [1.165, 1.54) is 11.3 Å². The third-order valence-electron chi connectivity index (χ3n) is 5.21. The number of piperidine rings is 1. The van der Waals surface area contributed by atoms with E-state index in [2.05, 4.69) is 40.4 Å². The molecule has 2 heterocycles. The fraction of sp³-hybridized carbons (Fsp3) is 0.500. The Morgan fingerprint density at radius 3 is 2.60 bits per heavy atom. The number of benzene rings is 1. The summed E-state index contributed by atoms with van der Waals surface area (Å²) in [6.45, 7) is 5.28. The Labute approximate surface area is 150 Å². The van der Waals surface area contributed by atoms with Crippen molar-refractivity contribution >= 4 is 5.91 Å². The lowest BCUT2D eigenvalue weighted by Gasteiger charge is -2.31. The summed E-state index contributed by atoms with van der Waals surface area (Å²) in [4.78, 5) is 14.5. The normalized spacial score (nSPS) is 17.4. The van der Waals surface area contributed by atoms with E-state index in [0.717, 1.165) is 25.9 Å². The monoisotopic (exact) mass is 340 g/mol. The van der Waals surface area contributed by atoms with Crippen molar-refractivity contribution in [3.05, 3.63) is 53.9 Å². The number of amides is 1. The second-order valence-electron chi connectivity index (χ2n) is 7.05. The maximum atomic E-state index is 12.2. The van der Waals surface area contributed by atoms with E-state index in [9.17, 15) is 4.79 Å². The van der Waals surface area contributed by atoms with Crippen molar-refractivity contribution in [1.82, 2.24) is 20.0 Å². The Kier molecular flexibility index (Phi) is 5.87. The van der Waals surface area contributed by atoms with Crippen molar-refractivity contribution in [2.75, 3.05) is 26.2 Å². The van der Waals surface area contributed by atoms with Crippen LogP contribution in [-0.4, -0.2) is 46.8 Å². The summed E-state index contributed by atoms with van der Waals surface area (Å²) in [6.07, 6.45) is 4.05. The molecule has 25 heavy (non-hydrogen) atoms. The van der Waals surface area contributed by atoms with Gasteiger partial charge in [0.25, 0.3) is 0 Å². The summed E-state index contributed by atoms with van der Waals surface area (Å²) < 4.78 is 1.97. The van der Waals surface area contributed by atoms with Gasteiger partial charge in [-0.1, -0.05) is 37.3 Å². The number of carbonyl (C=O) groups is 1. The van der Waals surface area contributed by atoms with Crippen molar-refractivity contribution in [2.45, 2.75) is 31.6 Å². The highest BCUT2D eigenvalue weighted by atomic mass is 16.2. The van der Waals surface area contributed by atoms with Crippen molar-refractivity contribution in [2.24, 2.45) is 7.05 Å². The summed E-state index contributed by atoms with van der Waals surface area (Å²) in [5, 5.41) is 7.35. The van der Waals surface area contributed by atoms with E-state index < -0.39 is 0 Å². The van der Waals surface area contributed by atoms with Gasteiger partial charge in [-0.15, -0.1) is 0 Å². The molecule has 5 nitrogen and oxygen atoms in total. The van der Waals surface area contributed by atoms with Crippen LogP contribution in [0.15, 0.2) is 42.6 Å². The van der Waals surface area contributed by atoms with Crippen LogP contribution in [0.5, 0.6) is 0 Å². The molecule has 1 aliphatic rings. The average Bonchev–Trinajstić information content (AvgIpc) is 3.07. The van der Waals surface area contributed by atoms with Gasteiger partial charge >= 0.3 is 0 Å². The summed E-state index contributed by atoms with van der Waals surface area (Å²) in [5.74, 6) is 1.02. The van der Waals surface area contributed by atoms with Gasteiger partial charge in [0.15, 0.2) is 0 Å². The zero-order valence-electron chi connectivity index (χ0n) is 15.2. The second-order valence-corrected chi connectivity index (χ2v) is 7.05. The Bertz CT molecular complexity index is 674. The number of nitrogens with one attached hydrogen (secondary N) is 1. The minimum atomic E-state index is 0.127. The first kappa shape index (κ1) is 17.7. The minimum Gasteiger partial charge on any atom is -0.354 e. The highest BCUT2D eigenvalue weighted by Crippen LogP contribution is 2.27. The molecule has 1 saturated heterocycles. The maximum absolute atomic E-state index is 12.2. The highest BCUT2D eigenvalue weighted by molar-refractivity contribution is 5.78. The number of hydrogen-bond acceptors (Lipinski definition) is 3. The van der Waals surface area contributed by atoms with Crippen LogP contribution in [0.4, 0.5) is 0 Å². The van der Waals surface area contributed by atoms with Crippen LogP contribution in [0.2, 0.25) is 0 Å².